The van der Waals surface area contributed by atoms with Gasteiger partial charge in [-0.25, -0.2) is 13.2 Å². The number of carbonyl (C=O) groups excluding carboxylic acids is 2. The molecule has 9 heteroatoms. The van der Waals surface area contributed by atoms with Crippen LogP contribution in [0.2, 0.25) is 0 Å². The summed E-state index contributed by atoms with van der Waals surface area (Å²) in [4.78, 5) is 24.0. The van der Waals surface area contributed by atoms with Gasteiger partial charge in [0.15, 0.2) is 0 Å². The molecule has 2 aromatic rings. The molecule has 0 unspecified atom stereocenters. The van der Waals surface area contributed by atoms with Crippen molar-refractivity contribution in [3.05, 3.63) is 53.6 Å². The zero-order valence-corrected chi connectivity index (χ0v) is 17.5. The topological polar surface area (TPSA) is 99.2 Å². The van der Waals surface area contributed by atoms with Crippen LogP contribution in [0, 0.1) is 6.92 Å². The van der Waals surface area contributed by atoms with E-state index < -0.39 is 28.5 Å². The van der Waals surface area contributed by atoms with Gasteiger partial charge in [0.25, 0.3) is 10.0 Å². The summed E-state index contributed by atoms with van der Waals surface area (Å²) in [5, 5.41) is 0. The van der Waals surface area contributed by atoms with Crippen LogP contribution in [-0.2, 0) is 24.3 Å². The van der Waals surface area contributed by atoms with Gasteiger partial charge in [-0.1, -0.05) is 6.07 Å². The molecular weight excluding hydrogens is 398 g/mol. The molecule has 2 rings (SSSR count). The Bertz CT molecular complexity index is 984. The van der Waals surface area contributed by atoms with Crippen LogP contribution in [0.1, 0.15) is 22.8 Å². The van der Waals surface area contributed by atoms with Crippen molar-refractivity contribution in [1.29, 1.82) is 0 Å². The van der Waals surface area contributed by atoms with Gasteiger partial charge in [-0.3, -0.25) is 9.10 Å². The van der Waals surface area contributed by atoms with E-state index >= 15 is 0 Å². The van der Waals surface area contributed by atoms with Crippen LogP contribution < -0.4 is 9.04 Å². The van der Waals surface area contributed by atoms with E-state index in [0.717, 1.165) is 4.31 Å². The molecule has 0 aromatic heterocycles. The molecule has 0 fully saturated rings. The molecule has 0 saturated carbocycles. The lowest BCUT2D eigenvalue weighted by atomic mass is 10.1. The van der Waals surface area contributed by atoms with Gasteiger partial charge < -0.3 is 14.2 Å². The second-order valence-electron chi connectivity index (χ2n) is 5.99. The van der Waals surface area contributed by atoms with Crippen LogP contribution in [-0.4, -0.2) is 47.7 Å². The quantitative estimate of drug-likeness (QED) is 0.604. The second kappa shape index (κ2) is 9.42. The normalized spacial score (nSPS) is 10.9. The Hall–Kier alpha value is -3.07. The fourth-order valence-corrected chi connectivity index (χ4v) is 4.09. The predicted molar refractivity (Wildman–Crippen MR) is 107 cm³/mol. The summed E-state index contributed by atoms with van der Waals surface area (Å²) in [6.45, 7) is 2.87. The third-order valence-electron chi connectivity index (χ3n) is 4.12. The number of aryl methyl sites for hydroxylation is 1. The molecule has 0 aliphatic carbocycles. The summed E-state index contributed by atoms with van der Waals surface area (Å²) >= 11 is 0. The number of sulfonamides is 1. The SMILES string of the molecule is CCOC(=O)CN(c1cc(C(=O)OC)ccc1C)S(=O)(=O)c1ccc(OC)cc1. The Morgan fingerprint density at radius 1 is 1.03 bits per heavy atom. The van der Waals surface area contributed by atoms with Crippen molar-refractivity contribution in [2.24, 2.45) is 0 Å². The first-order valence-electron chi connectivity index (χ1n) is 8.76. The van der Waals surface area contributed by atoms with Crippen molar-refractivity contribution < 1.29 is 32.2 Å². The highest BCUT2D eigenvalue weighted by molar-refractivity contribution is 7.92. The summed E-state index contributed by atoms with van der Waals surface area (Å²) in [6.07, 6.45) is 0. The van der Waals surface area contributed by atoms with E-state index in [2.05, 4.69) is 0 Å². The highest BCUT2D eigenvalue weighted by Crippen LogP contribution is 2.29. The maximum atomic E-state index is 13.3. The number of nitrogens with zero attached hydrogens (tertiary/aromatic N) is 1. The predicted octanol–water partition coefficient (Wildman–Crippen LogP) is 2.55. The molecule has 0 heterocycles. The van der Waals surface area contributed by atoms with E-state index in [0.29, 0.717) is 11.3 Å². The maximum absolute atomic E-state index is 13.3. The molecule has 8 nitrogen and oxygen atoms in total. The van der Waals surface area contributed by atoms with Crippen LogP contribution in [0.5, 0.6) is 5.75 Å². The average molecular weight is 421 g/mol. The number of hydrogen-bond acceptors (Lipinski definition) is 7. The number of anilines is 1. The number of carbonyl (C=O) groups is 2. The molecule has 0 atom stereocenters. The van der Waals surface area contributed by atoms with Crippen molar-refractivity contribution in [3.63, 3.8) is 0 Å². The molecule has 0 radical (unpaired) electrons. The molecule has 0 saturated heterocycles. The third-order valence-corrected chi connectivity index (χ3v) is 5.90. The summed E-state index contributed by atoms with van der Waals surface area (Å²) in [5.41, 5.74) is 0.891. The van der Waals surface area contributed by atoms with Gasteiger partial charge in [0.1, 0.15) is 12.3 Å². The molecule has 0 spiro atoms. The lowest BCUT2D eigenvalue weighted by Crippen LogP contribution is -2.37. The van der Waals surface area contributed by atoms with Gasteiger partial charge in [0.05, 0.1) is 37.0 Å². The number of esters is 2. The third kappa shape index (κ3) is 5.05. The summed E-state index contributed by atoms with van der Waals surface area (Å²) in [5.74, 6) is -0.846. The lowest BCUT2D eigenvalue weighted by molar-refractivity contribution is -0.141. The largest absolute Gasteiger partial charge is 0.497 e. The Labute approximate surface area is 170 Å². The maximum Gasteiger partial charge on any atom is 0.337 e. The number of rotatable bonds is 8. The van der Waals surface area contributed by atoms with Crippen LogP contribution >= 0.6 is 0 Å². The second-order valence-corrected chi connectivity index (χ2v) is 7.85. The molecule has 0 amide bonds. The van der Waals surface area contributed by atoms with E-state index in [4.69, 9.17) is 14.2 Å². The zero-order valence-electron chi connectivity index (χ0n) is 16.7. The average Bonchev–Trinajstić information content (AvgIpc) is 2.72. The Morgan fingerprint density at radius 3 is 2.24 bits per heavy atom. The minimum Gasteiger partial charge on any atom is -0.497 e. The molecule has 0 bridgehead atoms. The smallest absolute Gasteiger partial charge is 0.337 e. The van der Waals surface area contributed by atoms with E-state index in [1.807, 2.05) is 0 Å². The number of ether oxygens (including phenoxy) is 3. The van der Waals surface area contributed by atoms with E-state index in [9.17, 15) is 18.0 Å². The summed E-state index contributed by atoms with van der Waals surface area (Å²) in [6, 6.07) is 10.3. The highest BCUT2D eigenvalue weighted by Gasteiger charge is 2.29. The molecule has 0 aliphatic rings. The Balaban J connectivity index is 2.60. The van der Waals surface area contributed by atoms with Gasteiger partial charge in [0, 0.05) is 0 Å². The molecule has 29 heavy (non-hydrogen) atoms. The first kappa shape index (κ1) is 22.2. The number of hydrogen-bond donors (Lipinski definition) is 0. The molecular formula is C20H23NO7S. The standard InChI is InChI=1S/C20H23NO7S/c1-5-28-19(22)13-21(18-12-15(20(23)27-4)7-6-14(18)2)29(24,25)17-10-8-16(26-3)9-11-17/h6-12H,5,13H2,1-4H3. The van der Waals surface area contributed by atoms with Crippen molar-refractivity contribution >= 4 is 27.6 Å². The van der Waals surface area contributed by atoms with Crippen LogP contribution in [0.25, 0.3) is 0 Å². The van der Waals surface area contributed by atoms with E-state index in [1.165, 1.54) is 50.6 Å². The zero-order chi connectivity index (χ0) is 21.6. The van der Waals surface area contributed by atoms with Gasteiger partial charge in [0.2, 0.25) is 0 Å². The first-order chi connectivity index (χ1) is 13.7. The van der Waals surface area contributed by atoms with Gasteiger partial charge in [-0.05, 0) is 55.8 Å². The fraction of sp³-hybridized carbons (Fsp3) is 0.300. The molecule has 2 aromatic carbocycles. The van der Waals surface area contributed by atoms with E-state index in [1.54, 1.807) is 19.9 Å². The van der Waals surface area contributed by atoms with Crippen LogP contribution in [0.3, 0.4) is 0 Å². The minimum absolute atomic E-state index is 0.0366. The van der Waals surface area contributed by atoms with Gasteiger partial charge in [-0.15, -0.1) is 0 Å². The van der Waals surface area contributed by atoms with Crippen LogP contribution in [0.15, 0.2) is 47.4 Å². The Kier molecular flexibility index (Phi) is 7.22. The molecule has 156 valence electrons. The monoisotopic (exact) mass is 421 g/mol. The Morgan fingerprint density at radius 2 is 1.69 bits per heavy atom. The molecule has 0 aliphatic heterocycles. The fourth-order valence-electron chi connectivity index (χ4n) is 2.62. The first-order valence-corrected chi connectivity index (χ1v) is 10.2. The minimum atomic E-state index is -4.14. The van der Waals surface area contributed by atoms with Crippen molar-refractivity contribution in [2.45, 2.75) is 18.7 Å². The van der Waals surface area contributed by atoms with Crippen molar-refractivity contribution in [2.75, 3.05) is 31.7 Å². The highest BCUT2D eigenvalue weighted by atomic mass is 32.2. The van der Waals surface area contributed by atoms with Gasteiger partial charge in [-0.2, -0.15) is 0 Å². The number of methoxy groups -OCH3 is 2. The van der Waals surface area contributed by atoms with Gasteiger partial charge >= 0.3 is 11.9 Å². The molecule has 0 N–H and O–H groups in total. The van der Waals surface area contributed by atoms with Crippen LogP contribution in [0.4, 0.5) is 5.69 Å². The van der Waals surface area contributed by atoms with E-state index in [-0.39, 0.29) is 22.8 Å². The number of benzene rings is 2. The van der Waals surface area contributed by atoms with Crippen molar-refractivity contribution in [1.82, 2.24) is 0 Å². The summed E-state index contributed by atoms with van der Waals surface area (Å²) in [7, 11) is -1.44. The summed E-state index contributed by atoms with van der Waals surface area (Å²) < 4.78 is 42.3. The lowest BCUT2D eigenvalue weighted by Gasteiger charge is -2.25. The van der Waals surface area contributed by atoms with Crippen molar-refractivity contribution in [3.8, 4) is 5.75 Å².